The zero-order valence-electron chi connectivity index (χ0n) is 17.3. The van der Waals surface area contributed by atoms with Crippen LogP contribution in [-0.4, -0.2) is 40.9 Å². The van der Waals surface area contributed by atoms with Crippen LogP contribution >= 0.6 is 11.3 Å². The Morgan fingerprint density at radius 1 is 1.03 bits per heavy atom. The van der Waals surface area contributed by atoms with Gasteiger partial charge in [0.25, 0.3) is 0 Å². The molecule has 33 heavy (non-hydrogen) atoms. The number of nitrogen functional groups attached to an aromatic ring is 1. The summed E-state index contributed by atoms with van der Waals surface area (Å²) in [4.78, 5) is 34.6. The lowest BCUT2D eigenvalue weighted by Crippen LogP contribution is -1.89. The summed E-state index contributed by atoms with van der Waals surface area (Å²) in [6.07, 6.45) is 6.82. The highest BCUT2D eigenvalue weighted by Crippen LogP contribution is 2.34. The largest absolute Gasteiger partial charge is 0.397 e. The van der Waals surface area contributed by atoms with Crippen molar-refractivity contribution in [2.24, 2.45) is 0 Å². The normalized spacial score (nSPS) is 11.4. The number of ketones is 1. The molecule has 0 fully saturated rings. The predicted octanol–water partition coefficient (Wildman–Crippen LogP) is 4.47. The fraction of sp³-hybridized carbons (Fsp3) is 0.0435. The van der Waals surface area contributed by atoms with Crippen LogP contribution in [0, 0.1) is 0 Å². The first-order valence-corrected chi connectivity index (χ1v) is 10.9. The number of anilines is 1. The van der Waals surface area contributed by atoms with E-state index in [2.05, 4.69) is 30.1 Å². The van der Waals surface area contributed by atoms with E-state index in [9.17, 15) is 4.79 Å². The maximum absolute atomic E-state index is 11.7. The molecule has 0 amide bonds. The number of aromatic amines is 2. The van der Waals surface area contributed by atoms with Crippen LogP contribution in [-0.2, 0) is 0 Å². The molecule has 0 aliphatic rings. The smallest absolute Gasteiger partial charge is 0.169 e. The van der Waals surface area contributed by atoms with Gasteiger partial charge >= 0.3 is 0 Å². The summed E-state index contributed by atoms with van der Waals surface area (Å²) in [6, 6.07) is 9.50. The van der Waals surface area contributed by atoms with E-state index in [1.54, 1.807) is 31.7 Å². The molecule has 0 saturated carbocycles. The van der Waals surface area contributed by atoms with Gasteiger partial charge in [-0.25, -0.2) is 15.0 Å². The summed E-state index contributed by atoms with van der Waals surface area (Å²) in [5, 5.41) is 8.23. The first-order chi connectivity index (χ1) is 16.1. The Morgan fingerprint density at radius 2 is 1.91 bits per heavy atom. The molecule has 6 aromatic heterocycles. The van der Waals surface area contributed by atoms with Crippen LogP contribution in [0.3, 0.4) is 0 Å². The Morgan fingerprint density at radius 3 is 2.73 bits per heavy atom. The highest BCUT2D eigenvalue weighted by atomic mass is 32.1. The summed E-state index contributed by atoms with van der Waals surface area (Å²) in [5.74, 6) is 0.616. The predicted molar refractivity (Wildman–Crippen MR) is 128 cm³/mol. The van der Waals surface area contributed by atoms with Crippen LogP contribution in [0.1, 0.15) is 16.6 Å². The van der Waals surface area contributed by atoms with Gasteiger partial charge in [0, 0.05) is 46.4 Å². The number of imidazole rings is 1. The number of hydrogen-bond donors (Lipinski definition) is 3. The fourth-order valence-electron chi connectivity index (χ4n) is 3.75. The van der Waals surface area contributed by atoms with E-state index in [1.165, 1.54) is 11.3 Å². The number of rotatable bonds is 4. The van der Waals surface area contributed by atoms with Crippen molar-refractivity contribution >= 4 is 45.0 Å². The second kappa shape index (κ2) is 7.31. The SMILES string of the molecule is CC(=O)c1ccc(-c2ccnc3[nH]c(-c4n[nH]c5ncc(-c6cncc(N)c6)cc45)nc23)s1. The van der Waals surface area contributed by atoms with Crippen LogP contribution in [0.4, 0.5) is 5.69 Å². The van der Waals surface area contributed by atoms with Crippen molar-refractivity contribution in [3.63, 3.8) is 0 Å². The van der Waals surface area contributed by atoms with Crippen molar-refractivity contribution in [3.8, 4) is 33.1 Å². The average Bonchev–Trinajstić information content (AvgIpc) is 3.55. The van der Waals surface area contributed by atoms with Crippen LogP contribution in [0.15, 0.2) is 55.1 Å². The van der Waals surface area contributed by atoms with E-state index < -0.39 is 0 Å². The second-order valence-electron chi connectivity index (χ2n) is 7.56. The number of carbonyl (C=O) groups excluding carboxylic acids is 1. The van der Waals surface area contributed by atoms with E-state index in [4.69, 9.17) is 10.7 Å². The molecule has 0 aliphatic heterocycles. The highest BCUT2D eigenvalue weighted by Gasteiger charge is 2.18. The van der Waals surface area contributed by atoms with Gasteiger partial charge in [0.05, 0.1) is 16.0 Å². The Hall–Kier alpha value is -4.44. The van der Waals surface area contributed by atoms with E-state index >= 15 is 0 Å². The minimum Gasteiger partial charge on any atom is -0.397 e. The zero-order valence-corrected chi connectivity index (χ0v) is 18.1. The lowest BCUT2D eigenvalue weighted by atomic mass is 10.1. The van der Waals surface area contributed by atoms with Crippen molar-refractivity contribution in [1.82, 2.24) is 35.1 Å². The van der Waals surface area contributed by atoms with E-state index in [1.807, 2.05) is 30.3 Å². The minimum absolute atomic E-state index is 0.0425. The van der Waals surface area contributed by atoms with Gasteiger partial charge in [0.15, 0.2) is 22.9 Å². The van der Waals surface area contributed by atoms with Crippen molar-refractivity contribution in [2.75, 3.05) is 5.73 Å². The van der Waals surface area contributed by atoms with Gasteiger partial charge in [-0.1, -0.05) is 0 Å². The first kappa shape index (κ1) is 19.3. The van der Waals surface area contributed by atoms with Gasteiger partial charge in [0.2, 0.25) is 0 Å². The Balaban J connectivity index is 1.48. The molecule has 9 nitrogen and oxygen atoms in total. The van der Waals surface area contributed by atoms with Crippen LogP contribution in [0.25, 0.3) is 55.3 Å². The van der Waals surface area contributed by atoms with Crippen molar-refractivity contribution < 1.29 is 4.79 Å². The fourth-order valence-corrected chi connectivity index (χ4v) is 4.68. The number of Topliss-reactive ketones (excluding diaryl/α,β-unsaturated/α-hetero) is 1. The summed E-state index contributed by atoms with van der Waals surface area (Å²) in [7, 11) is 0. The molecule has 0 aliphatic carbocycles. The Kier molecular flexibility index (Phi) is 4.27. The van der Waals surface area contributed by atoms with Gasteiger partial charge in [-0.3, -0.25) is 14.9 Å². The van der Waals surface area contributed by atoms with E-state index in [0.717, 1.165) is 27.0 Å². The van der Waals surface area contributed by atoms with Gasteiger partial charge < -0.3 is 10.7 Å². The number of nitrogens with zero attached hydrogens (tertiary/aromatic N) is 5. The summed E-state index contributed by atoms with van der Waals surface area (Å²) < 4.78 is 0. The minimum atomic E-state index is 0.0425. The molecule has 6 rings (SSSR count). The monoisotopic (exact) mass is 452 g/mol. The third-order valence-electron chi connectivity index (χ3n) is 5.34. The number of thiophene rings is 1. The van der Waals surface area contributed by atoms with Crippen LogP contribution in [0.2, 0.25) is 0 Å². The Bertz CT molecular complexity index is 1680. The summed E-state index contributed by atoms with van der Waals surface area (Å²) >= 11 is 1.44. The zero-order chi connectivity index (χ0) is 22.5. The van der Waals surface area contributed by atoms with Gasteiger partial charge in [-0.2, -0.15) is 5.10 Å². The molecule has 0 saturated heterocycles. The standard InChI is InChI=1S/C23H16N8OS/c1-11(32)17-2-3-18(33-17)15-4-5-26-22-19(15)28-23(29-22)20-16-7-13(9-27-21(16)31-30-20)12-6-14(24)10-25-8-12/h2-10H,24H2,1H3,(H,26,28,29)(H,27,30,31). The van der Waals surface area contributed by atoms with Gasteiger partial charge in [-0.05, 0) is 37.3 Å². The number of hydrogen-bond acceptors (Lipinski definition) is 8. The highest BCUT2D eigenvalue weighted by molar-refractivity contribution is 7.17. The molecule has 160 valence electrons. The Labute approximate surface area is 190 Å². The topological polar surface area (TPSA) is 139 Å². The molecule has 0 atom stereocenters. The molecule has 10 heteroatoms. The molecular weight excluding hydrogens is 436 g/mol. The van der Waals surface area contributed by atoms with Gasteiger partial charge in [-0.15, -0.1) is 11.3 Å². The number of H-pyrrole nitrogens is 2. The third-order valence-corrected chi connectivity index (χ3v) is 6.56. The molecule has 0 spiro atoms. The lowest BCUT2D eigenvalue weighted by molar-refractivity contribution is 0.102. The average molecular weight is 453 g/mol. The lowest BCUT2D eigenvalue weighted by Gasteiger charge is -2.02. The third kappa shape index (κ3) is 3.24. The molecular formula is C23H16N8OS. The molecule has 6 heterocycles. The molecule has 6 aromatic rings. The van der Waals surface area contributed by atoms with E-state index in [-0.39, 0.29) is 5.78 Å². The van der Waals surface area contributed by atoms with E-state index in [0.29, 0.717) is 38.9 Å². The molecule has 0 aromatic carbocycles. The van der Waals surface area contributed by atoms with Crippen LogP contribution < -0.4 is 5.73 Å². The molecule has 0 unspecified atom stereocenters. The van der Waals surface area contributed by atoms with Crippen molar-refractivity contribution in [3.05, 3.63) is 60.0 Å². The second-order valence-corrected chi connectivity index (χ2v) is 8.64. The molecule has 4 N–H and O–H groups in total. The number of fused-ring (bicyclic) bond motifs is 2. The maximum atomic E-state index is 11.7. The first-order valence-electron chi connectivity index (χ1n) is 10.1. The van der Waals surface area contributed by atoms with Gasteiger partial charge in [0.1, 0.15) is 11.2 Å². The maximum Gasteiger partial charge on any atom is 0.169 e. The number of nitrogens with two attached hydrogens (primary N) is 1. The number of nitrogens with one attached hydrogen (secondary N) is 2. The number of aromatic nitrogens is 7. The molecule has 0 bridgehead atoms. The van der Waals surface area contributed by atoms with Crippen molar-refractivity contribution in [1.29, 1.82) is 0 Å². The van der Waals surface area contributed by atoms with Crippen LogP contribution in [0.5, 0.6) is 0 Å². The summed E-state index contributed by atoms with van der Waals surface area (Å²) in [5.41, 5.74) is 11.7. The number of pyridine rings is 3. The number of carbonyl (C=O) groups is 1. The molecule has 0 radical (unpaired) electrons. The van der Waals surface area contributed by atoms with Crippen molar-refractivity contribution in [2.45, 2.75) is 6.92 Å². The quantitative estimate of drug-likeness (QED) is 0.335. The summed E-state index contributed by atoms with van der Waals surface area (Å²) in [6.45, 7) is 1.56.